The molecule has 1 rings (SSSR count). The molecule has 0 saturated heterocycles. The fraction of sp³-hybridized carbons (Fsp3) is 0.429. The Hall–Kier alpha value is -2.28. The minimum atomic E-state index is -1.09. The van der Waals surface area contributed by atoms with Gasteiger partial charge in [-0.05, 0) is 25.1 Å². The van der Waals surface area contributed by atoms with Crippen LogP contribution in [0.5, 0.6) is 11.5 Å². The molecule has 7 heteroatoms. The number of carbonyl (C=O) groups is 2. The van der Waals surface area contributed by atoms with Crippen molar-refractivity contribution in [2.24, 2.45) is 0 Å². The Labute approximate surface area is 122 Å². The van der Waals surface area contributed by atoms with E-state index in [-0.39, 0.29) is 24.3 Å². The normalized spacial score (nSPS) is 13.3. The van der Waals surface area contributed by atoms with E-state index in [2.05, 4.69) is 5.32 Å². The first-order valence-corrected chi connectivity index (χ1v) is 6.21. The quantitative estimate of drug-likeness (QED) is 0.693. The summed E-state index contributed by atoms with van der Waals surface area (Å²) >= 11 is 0. The van der Waals surface area contributed by atoms with Crippen molar-refractivity contribution in [3.05, 3.63) is 23.8 Å². The highest BCUT2D eigenvalue weighted by atomic mass is 16.5. The minimum Gasteiger partial charge on any atom is -0.507 e. The summed E-state index contributed by atoms with van der Waals surface area (Å²) in [6, 6.07) is 4.22. The third-order valence-corrected chi connectivity index (χ3v) is 2.87. The van der Waals surface area contributed by atoms with Crippen LogP contribution in [0.2, 0.25) is 0 Å². The van der Waals surface area contributed by atoms with E-state index in [4.69, 9.17) is 14.6 Å². The van der Waals surface area contributed by atoms with Gasteiger partial charge in [0.05, 0.1) is 31.2 Å². The number of carbonyl (C=O) groups excluding carboxylic acids is 1. The van der Waals surface area contributed by atoms with E-state index in [0.29, 0.717) is 5.75 Å². The number of aliphatic carboxylic acids is 1. The van der Waals surface area contributed by atoms with Crippen LogP contribution in [0, 0.1) is 0 Å². The van der Waals surface area contributed by atoms with Crippen LogP contribution in [-0.4, -0.2) is 48.5 Å². The van der Waals surface area contributed by atoms with Crippen LogP contribution in [0.15, 0.2) is 18.2 Å². The summed E-state index contributed by atoms with van der Waals surface area (Å²) in [7, 11) is 2.85. The van der Waals surface area contributed by atoms with E-state index < -0.39 is 17.4 Å². The highest BCUT2D eigenvalue weighted by molar-refractivity contribution is 5.97. The van der Waals surface area contributed by atoms with E-state index in [1.54, 1.807) is 6.92 Å². The van der Waals surface area contributed by atoms with E-state index >= 15 is 0 Å². The average Bonchev–Trinajstić information content (AvgIpc) is 2.38. The fourth-order valence-corrected chi connectivity index (χ4v) is 1.95. The molecule has 21 heavy (non-hydrogen) atoms. The molecule has 1 aromatic rings. The van der Waals surface area contributed by atoms with Gasteiger partial charge < -0.3 is 25.0 Å². The molecule has 0 heterocycles. The van der Waals surface area contributed by atoms with E-state index in [1.807, 2.05) is 0 Å². The molecule has 0 saturated carbocycles. The van der Waals surface area contributed by atoms with Gasteiger partial charge in [-0.25, -0.2) is 0 Å². The number of hydrogen-bond acceptors (Lipinski definition) is 5. The predicted octanol–water partition coefficient (Wildman–Crippen LogP) is 1.01. The SMILES string of the molecule is COCC(C)(CC(=O)O)NC(=O)c1cc(OC)ccc1O. The molecule has 1 atom stereocenters. The lowest BCUT2D eigenvalue weighted by atomic mass is 9.98. The second-order valence-electron chi connectivity index (χ2n) is 4.90. The molecule has 116 valence electrons. The summed E-state index contributed by atoms with van der Waals surface area (Å²) in [6.07, 6.45) is -0.308. The van der Waals surface area contributed by atoms with E-state index in [0.717, 1.165) is 0 Å². The second-order valence-corrected chi connectivity index (χ2v) is 4.90. The van der Waals surface area contributed by atoms with Crippen LogP contribution in [-0.2, 0) is 9.53 Å². The molecule has 1 amide bonds. The average molecular weight is 297 g/mol. The monoisotopic (exact) mass is 297 g/mol. The Morgan fingerprint density at radius 3 is 2.52 bits per heavy atom. The number of benzene rings is 1. The first-order valence-electron chi connectivity index (χ1n) is 6.21. The van der Waals surface area contributed by atoms with Crippen molar-refractivity contribution < 1.29 is 29.3 Å². The van der Waals surface area contributed by atoms with Gasteiger partial charge in [-0.15, -0.1) is 0 Å². The summed E-state index contributed by atoms with van der Waals surface area (Å²) < 4.78 is 9.95. The van der Waals surface area contributed by atoms with E-state index in [1.165, 1.54) is 32.4 Å². The summed E-state index contributed by atoms with van der Waals surface area (Å²) in [6.45, 7) is 1.58. The van der Waals surface area contributed by atoms with Crippen LogP contribution in [0.1, 0.15) is 23.7 Å². The van der Waals surface area contributed by atoms with Crippen molar-refractivity contribution in [2.75, 3.05) is 20.8 Å². The van der Waals surface area contributed by atoms with Gasteiger partial charge in [-0.2, -0.15) is 0 Å². The van der Waals surface area contributed by atoms with Crippen LogP contribution in [0.3, 0.4) is 0 Å². The summed E-state index contributed by atoms with van der Waals surface area (Å²) in [5.74, 6) is -1.48. The predicted molar refractivity (Wildman–Crippen MR) is 74.7 cm³/mol. The molecule has 1 unspecified atom stereocenters. The van der Waals surface area contributed by atoms with Gasteiger partial charge >= 0.3 is 5.97 Å². The summed E-state index contributed by atoms with van der Waals surface area (Å²) in [4.78, 5) is 23.1. The lowest BCUT2D eigenvalue weighted by molar-refractivity contribution is -0.139. The smallest absolute Gasteiger partial charge is 0.305 e. The van der Waals surface area contributed by atoms with Crippen molar-refractivity contribution in [1.82, 2.24) is 5.32 Å². The topological polar surface area (TPSA) is 105 Å². The Bertz CT molecular complexity index is 530. The van der Waals surface area contributed by atoms with Gasteiger partial charge in [-0.1, -0.05) is 0 Å². The third kappa shape index (κ3) is 4.64. The van der Waals surface area contributed by atoms with Crippen LogP contribution >= 0.6 is 0 Å². The molecule has 3 N–H and O–H groups in total. The van der Waals surface area contributed by atoms with Gasteiger partial charge in [-0.3, -0.25) is 9.59 Å². The number of nitrogens with one attached hydrogen (secondary N) is 1. The lowest BCUT2D eigenvalue weighted by Crippen LogP contribution is -2.50. The molecule has 0 aromatic heterocycles. The number of carboxylic acid groups (broad SMARTS) is 1. The van der Waals surface area contributed by atoms with Crippen molar-refractivity contribution >= 4 is 11.9 Å². The molecule has 7 nitrogen and oxygen atoms in total. The van der Waals surface area contributed by atoms with Crippen molar-refractivity contribution in [3.8, 4) is 11.5 Å². The Morgan fingerprint density at radius 1 is 1.33 bits per heavy atom. The zero-order valence-corrected chi connectivity index (χ0v) is 12.2. The molecule has 0 aliphatic carbocycles. The second kappa shape index (κ2) is 6.94. The highest BCUT2D eigenvalue weighted by Gasteiger charge is 2.30. The zero-order valence-electron chi connectivity index (χ0n) is 12.2. The number of carboxylic acids is 1. The molecular weight excluding hydrogens is 278 g/mol. The minimum absolute atomic E-state index is 0.00191. The maximum atomic E-state index is 12.2. The fourth-order valence-electron chi connectivity index (χ4n) is 1.95. The van der Waals surface area contributed by atoms with Crippen LogP contribution < -0.4 is 10.1 Å². The molecule has 0 spiro atoms. The molecule has 0 aliphatic rings. The number of aromatic hydroxyl groups is 1. The first-order chi connectivity index (χ1) is 9.81. The molecule has 0 aliphatic heterocycles. The number of phenols is 1. The first kappa shape index (κ1) is 16.8. The lowest BCUT2D eigenvalue weighted by Gasteiger charge is -2.28. The Balaban J connectivity index is 2.99. The van der Waals surface area contributed by atoms with E-state index in [9.17, 15) is 14.7 Å². The largest absolute Gasteiger partial charge is 0.507 e. The van der Waals surface area contributed by atoms with Crippen LogP contribution in [0.25, 0.3) is 0 Å². The van der Waals surface area contributed by atoms with Gasteiger partial charge in [0.25, 0.3) is 5.91 Å². The number of amides is 1. The molecule has 0 bridgehead atoms. The number of rotatable bonds is 7. The molecule has 0 radical (unpaired) electrons. The van der Waals surface area contributed by atoms with Gasteiger partial charge in [0.2, 0.25) is 0 Å². The Kier molecular flexibility index (Phi) is 5.54. The summed E-state index contributed by atoms with van der Waals surface area (Å²) in [5.41, 5.74) is -1.09. The van der Waals surface area contributed by atoms with Gasteiger partial charge in [0.15, 0.2) is 0 Å². The maximum absolute atomic E-state index is 12.2. The number of hydrogen-bond donors (Lipinski definition) is 3. The zero-order chi connectivity index (χ0) is 16.0. The molecular formula is C14H19NO6. The van der Waals surface area contributed by atoms with Crippen molar-refractivity contribution in [3.63, 3.8) is 0 Å². The Morgan fingerprint density at radius 2 is 2.00 bits per heavy atom. The number of methoxy groups -OCH3 is 2. The standard InChI is InChI=1S/C14H19NO6/c1-14(8-20-2,7-12(17)18)15-13(19)10-6-9(21-3)4-5-11(10)16/h4-6,16H,7-8H2,1-3H3,(H,15,19)(H,17,18). The highest BCUT2D eigenvalue weighted by Crippen LogP contribution is 2.23. The third-order valence-electron chi connectivity index (χ3n) is 2.87. The molecule has 0 fully saturated rings. The van der Waals surface area contributed by atoms with Gasteiger partial charge in [0, 0.05) is 7.11 Å². The number of phenolic OH excluding ortho intramolecular Hbond substituents is 1. The molecule has 1 aromatic carbocycles. The summed E-state index contributed by atoms with van der Waals surface area (Å²) in [5, 5.41) is 21.2. The van der Waals surface area contributed by atoms with Gasteiger partial charge in [0.1, 0.15) is 11.5 Å². The number of ether oxygens (including phenoxy) is 2. The van der Waals surface area contributed by atoms with Crippen molar-refractivity contribution in [2.45, 2.75) is 18.9 Å². The van der Waals surface area contributed by atoms with Crippen molar-refractivity contribution in [1.29, 1.82) is 0 Å². The van der Waals surface area contributed by atoms with Crippen LogP contribution in [0.4, 0.5) is 0 Å². The maximum Gasteiger partial charge on any atom is 0.305 e.